The van der Waals surface area contributed by atoms with Crippen LogP contribution in [0.3, 0.4) is 0 Å². The van der Waals surface area contributed by atoms with Gasteiger partial charge in [-0.05, 0) is 38.1 Å². The zero-order valence-corrected chi connectivity index (χ0v) is 17.3. The van der Waals surface area contributed by atoms with Crippen molar-refractivity contribution in [3.8, 4) is 0 Å². The van der Waals surface area contributed by atoms with Gasteiger partial charge in [0.25, 0.3) is 0 Å². The molecule has 7 nitrogen and oxygen atoms in total. The van der Waals surface area contributed by atoms with E-state index in [4.69, 9.17) is 0 Å². The molecular weight excluding hydrogens is 429 g/mol. The van der Waals surface area contributed by atoms with Gasteiger partial charge in [-0.15, -0.1) is 34.2 Å². The number of nitrogens with one attached hydrogen (secondary N) is 2. The Bertz CT molecular complexity index is 684. The molecule has 0 saturated carbocycles. The molecule has 0 aromatic carbocycles. The van der Waals surface area contributed by atoms with Crippen LogP contribution < -0.4 is 10.6 Å². The predicted octanol–water partition coefficient (Wildman–Crippen LogP) is 1.54. The van der Waals surface area contributed by atoms with Gasteiger partial charge in [0.1, 0.15) is 5.82 Å². The minimum atomic E-state index is 0. The molecule has 0 bridgehead atoms. The molecule has 1 atom stereocenters. The number of nitrogens with zero attached hydrogens (tertiary/aromatic N) is 5. The lowest BCUT2D eigenvalue weighted by Gasteiger charge is -2.23. The molecule has 0 radical (unpaired) electrons. The van der Waals surface area contributed by atoms with Crippen molar-refractivity contribution in [1.82, 2.24) is 30.1 Å². The zero-order chi connectivity index (χ0) is 16.8. The number of likely N-dealkylation sites (N-methyl/N-ethyl adjacent to an activating group) is 1. The third-order valence-corrected chi connectivity index (χ3v) is 4.66. The van der Waals surface area contributed by atoms with E-state index in [1.165, 1.54) is 19.4 Å². The molecule has 2 N–H and O–H groups in total. The SMILES string of the molecule is CCN1CCCC1CNC(=NC)NCCc1nnc2ccccn12.I. The number of aromatic nitrogens is 3. The first-order chi connectivity index (χ1) is 11.8. The van der Waals surface area contributed by atoms with Crippen LogP contribution in [0.4, 0.5) is 0 Å². The molecule has 1 fully saturated rings. The van der Waals surface area contributed by atoms with Gasteiger partial charge in [0.15, 0.2) is 11.6 Å². The van der Waals surface area contributed by atoms with E-state index in [9.17, 15) is 0 Å². The highest BCUT2D eigenvalue weighted by molar-refractivity contribution is 14.0. The fourth-order valence-corrected chi connectivity index (χ4v) is 3.33. The second-order valence-electron chi connectivity index (χ2n) is 6.10. The number of hydrogen-bond acceptors (Lipinski definition) is 4. The maximum atomic E-state index is 4.31. The number of guanidine groups is 1. The number of fused-ring (bicyclic) bond motifs is 1. The van der Waals surface area contributed by atoms with Crippen LogP contribution in [-0.4, -0.2) is 64.7 Å². The molecular formula is C17H28IN7. The second kappa shape index (κ2) is 9.91. The third-order valence-electron chi connectivity index (χ3n) is 4.66. The number of likely N-dealkylation sites (tertiary alicyclic amines) is 1. The molecule has 0 amide bonds. The van der Waals surface area contributed by atoms with Crippen molar-refractivity contribution in [3.63, 3.8) is 0 Å². The van der Waals surface area contributed by atoms with Crippen LogP contribution in [0.1, 0.15) is 25.6 Å². The Hall–Kier alpha value is -1.42. The summed E-state index contributed by atoms with van der Waals surface area (Å²) >= 11 is 0. The summed E-state index contributed by atoms with van der Waals surface area (Å²) in [6.45, 7) is 6.29. The molecule has 8 heteroatoms. The van der Waals surface area contributed by atoms with Crippen molar-refractivity contribution in [1.29, 1.82) is 0 Å². The van der Waals surface area contributed by atoms with E-state index < -0.39 is 0 Å². The topological polar surface area (TPSA) is 69.8 Å². The fraction of sp³-hybridized carbons (Fsp3) is 0.588. The maximum absolute atomic E-state index is 4.31. The first-order valence-corrected chi connectivity index (χ1v) is 8.79. The van der Waals surface area contributed by atoms with Crippen molar-refractivity contribution in [2.24, 2.45) is 4.99 Å². The van der Waals surface area contributed by atoms with E-state index in [0.29, 0.717) is 6.04 Å². The Balaban J connectivity index is 0.00000225. The molecule has 25 heavy (non-hydrogen) atoms. The molecule has 0 aliphatic carbocycles. The molecule has 0 spiro atoms. The van der Waals surface area contributed by atoms with Crippen LogP contribution in [0, 0.1) is 0 Å². The molecule has 1 aliphatic heterocycles. The van der Waals surface area contributed by atoms with Crippen molar-refractivity contribution in [2.75, 3.05) is 33.2 Å². The van der Waals surface area contributed by atoms with Gasteiger partial charge < -0.3 is 10.6 Å². The molecule has 3 heterocycles. The first-order valence-electron chi connectivity index (χ1n) is 8.79. The van der Waals surface area contributed by atoms with Crippen LogP contribution in [0.15, 0.2) is 29.4 Å². The van der Waals surface area contributed by atoms with Gasteiger partial charge in [-0.2, -0.15) is 0 Å². The average Bonchev–Trinajstić information content (AvgIpc) is 3.24. The van der Waals surface area contributed by atoms with Gasteiger partial charge in [0, 0.05) is 38.8 Å². The lowest BCUT2D eigenvalue weighted by Crippen LogP contribution is -2.45. The van der Waals surface area contributed by atoms with E-state index in [1.807, 2.05) is 35.8 Å². The van der Waals surface area contributed by atoms with Crippen LogP contribution in [0.25, 0.3) is 5.65 Å². The molecule has 1 aliphatic rings. The Labute approximate surface area is 166 Å². The van der Waals surface area contributed by atoms with Crippen LogP contribution >= 0.6 is 24.0 Å². The molecule has 138 valence electrons. The Morgan fingerprint density at radius 3 is 3.00 bits per heavy atom. The highest BCUT2D eigenvalue weighted by Gasteiger charge is 2.22. The maximum Gasteiger partial charge on any atom is 0.191 e. The van der Waals surface area contributed by atoms with Gasteiger partial charge in [0.2, 0.25) is 0 Å². The zero-order valence-electron chi connectivity index (χ0n) is 15.0. The first kappa shape index (κ1) is 19.9. The van der Waals surface area contributed by atoms with Crippen molar-refractivity contribution >= 4 is 35.6 Å². The summed E-state index contributed by atoms with van der Waals surface area (Å²) in [4.78, 5) is 6.84. The molecule has 1 unspecified atom stereocenters. The number of halogens is 1. The minimum absolute atomic E-state index is 0. The van der Waals surface area contributed by atoms with E-state index in [-0.39, 0.29) is 24.0 Å². The summed E-state index contributed by atoms with van der Waals surface area (Å²) in [6.07, 6.45) is 5.36. The molecule has 2 aromatic rings. The number of aliphatic imine (C=N–C) groups is 1. The highest BCUT2D eigenvalue weighted by Crippen LogP contribution is 2.15. The van der Waals surface area contributed by atoms with E-state index in [1.54, 1.807) is 0 Å². The lowest BCUT2D eigenvalue weighted by molar-refractivity contribution is 0.267. The summed E-state index contributed by atoms with van der Waals surface area (Å²) in [5.41, 5.74) is 0.885. The van der Waals surface area contributed by atoms with Crippen molar-refractivity contribution in [2.45, 2.75) is 32.2 Å². The lowest BCUT2D eigenvalue weighted by atomic mass is 10.2. The number of rotatable bonds is 6. The Kier molecular flexibility index (Phi) is 7.89. The van der Waals surface area contributed by atoms with Crippen molar-refractivity contribution in [3.05, 3.63) is 30.2 Å². The molecule has 3 rings (SSSR count). The quantitative estimate of drug-likeness (QED) is 0.392. The highest BCUT2D eigenvalue weighted by atomic mass is 127. The van der Waals surface area contributed by atoms with Gasteiger partial charge in [0.05, 0.1) is 0 Å². The summed E-state index contributed by atoms with van der Waals surface area (Å²) in [5.74, 6) is 1.81. The Morgan fingerprint density at radius 2 is 2.20 bits per heavy atom. The van der Waals surface area contributed by atoms with E-state index >= 15 is 0 Å². The summed E-state index contributed by atoms with van der Waals surface area (Å²) < 4.78 is 2.02. The van der Waals surface area contributed by atoms with Gasteiger partial charge in [-0.1, -0.05) is 13.0 Å². The summed E-state index contributed by atoms with van der Waals surface area (Å²) in [5, 5.41) is 15.2. The summed E-state index contributed by atoms with van der Waals surface area (Å²) in [7, 11) is 1.81. The normalized spacial score (nSPS) is 18.3. The van der Waals surface area contributed by atoms with Crippen molar-refractivity contribution < 1.29 is 0 Å². The monoisotopic (exact) mass is 457 g/mol. The third kappa shape index (κ3) is 5.04. The number of hydrogen-bond donors (Lipinski definition) is 2. The largest absolute Gasteiger partial charge is 0.356 e. The van der Waals surface area contributed by atoms with E-state index in [2.05, 4.69) is 37.6 Å². The number of pyridine rings is 1. The Morgan fingerprint density at radius 1 is 1.32 bits per heavy atom. The summed E-state index contributed by atoms with van der Waals surface area (Å²) in [6, 6.07) is 6.55. The standard InChI is InChI=1S/C17H27N7.HI/c1-3-23-11-6-7-14(23)13-20-17(18-2)19-10-9-16-22-21-15-8-4-5-12-24(15)16;/h4-5,8,12,14H,3,6-7,9-11,13H2,1-2H3,(H2,18,19,20);1H. The van der Waals surface area contributed by atoms with Gasteiger partial charge >= 0.3 is 0 Å². The molecule has 1 saturated heterocycles. The van der Waals surface area contributed by atoms with E-state index in [0.717, 1.165) is 43.5 Å². The van der Waals surface area contributed by atoms with Crippen LogP contribution in [0.2, 0.25) is 0 Å². The fourth-order valence-electron chi connectivity index (χ4n) is 3.33. The van der Waals surface area contributed by atoms with Gasteiger partial charge in [-0.3, -0.25) is 14.3 Å². The second-order valence-corrected chi connectivity index (χ2v) is 6.10. The van der Waals surface area contributed by atoms with Gasteiger partial charge in [-0.25, -0.2) is 0 Å². The van der Waals surface area contributed by atoms with Crippen LogP contribution in [-0.2, 0) is 6.42 Å². The smallest absolute Gasteiger partial charge is 0.191 e. The molecule has 2 aromatic heterocycles. The average molecular weight is 457 g/mol. The predicted molar refractivity (Wildman–Crippen MR) is 112 cm³/mol. The minimum Gasteiger partial charge on any atom is -0.356 e. The van der Waals surface area contributed by atoms with Crippen LogP contribution in [0.5, 0.6) is 0 Å².